The monoisotopic (exact) mass is 438 g/mol. The molecular weight excluding hydrogens is 412 g/mol. The summed E-state index contributed by atoms with van der Waals surface area (Å²) in [6, 6.07) is 12.5. The van der Waals surface area contributed by atoms with Gasteiger partial charge in [0.15, 0.2) is 0 Å². The molecule has 3 N–H and O–H groups in total. The first kappa shape index (κ1) is 22.8. The summed E-state index contributed by atoms with van der Waals surface area (Å²) in [4.78, 5) is 50.5. The lowest BCUT2D eigenvalue weighted by molar-refractivity contribution is -0.134. The first-order chi connectivity index (χ1) is 15.3. The lowest BCUT2D eigenvalue weighted by Gasteiger charge is -2.22. The lowest BCUT2D eigenvalue weighted by Crippen LogP contribution is -2.45. The number of rotatable bonds is 7. The average molecular weight is 438 g/mol. The number of imide groups is 2. The Morgan fingerprint density at radius 3 is 2.31 bits per heavy atom. The van der Waals surface area contributed by atoms with Crippen LogP contribution in [0.3, 0.4) is 0 Å². The van der Waals surface area contributed by atoms with Crippen molar-refractivity contribution in [2.45, 2.75) is 32.2 Å². The van der Waals surface area contributed by atoms with Crippen LogP contribution in [0.2, 0.25) is 0 Å². The van der Waals surface area contributed by atoms with Crippen LogP contribution in [0.1, 0.15) is 31.4 Å². The minimum Gasteiger partial charge on any atom is -0.497 e. The number of nitrogens with one attached hydrogen (secondary N) is 3. The van der Waals surface area contributed by atoms with E-state index in [1.54, 1.807) is 43.3 Å². The zero-order chi connectivity index (χ0) is 23.3. The molecule has 6 amide bonds. The third kappa shape index (κ3) is 4.88. The molecule has 0 aliphatic carbocycles. The van der Waals surface area contributed by atoms with E-state index in [1.165, 1.54) is 7.11 Å². The summed E-state index contributed by atoms with van der Waals surface area (Å²) in [5.74, 6) is -0.729. The predicted octanol–water partition coefficient (Wildman–Crippen LogP) is 2.76. The van der Waals surface area contributed by atoms with Gasteiger partial charge in [-0.1, -0.05) is 37.6 Å². The molecular formula is C23H26N4O5. The summed E-state index contributed by atoms with van der Waals surface area (Å²) in [6.07, 6.45) is 1.92. The number of benzene rings is 2. The molecule has 9 heteroatoms. The molecule has 1 unspecified atom stereocenters. The van der Waals surface area contributed by atoms with Gasteiger partial charge >= 0.3 is 12.1 Å². The summed E-state index contributed by atoms with van der Waals surface area (Å²) in [7, 11) is 1.52. The van der Waals surface area contributed by atoms with Crippen LogP contribution in [0.5, 0.6) is 5.75 Å². The van der Waals surface area contributed by atoms with E-state index in [-0.39, 0.29) is 0 Å². The molecule has 2 aromatic rings. The van der Waals surface area contributed by atoms with Gasteiger partial charge in [0.2, 0.25) is 5.91 Å². The van der Waals surface area contributed by atoms with Crippen LogP contribution in [0.4, 0.5) is 15.3 Å². The molecule has 0 spiro atoms. The lowest BCUT2D eigenvalue weighted by atomic mass is 9.91. The highest BCUT2D eigenvalue weighted by Gasteiger charge is 2.49. The topological polar surface area (TPSA) is 117 Å². The van der Waals surface area contributed by atoms with Gasteiger partial charge in [0.1, 0.15) is 17.8 Å². The Balaban J connectivity index is 1.61. The van der Waals surface area contributed by atoms with E-state index in [0.717, 1.165) is 23.3 Å². The third-order valence-electron chi connectivity index (χ3n) is 5.25. The van der Waals surface area contributed by atoms with Crippen molar-refractivity contribution in [3.63, 3.8) is 0 Å². The molecule has 9 nitrogen and oxygen atoms in total. The molecule has 0 radical (unpaired) electrons. The van der Waals surface area contributed by atoms with Crippen molar-refractivity contribution in [1.29, 1.82) is 0 Å². The van der Waals surface area contributed by atoms with Crippen molar-refractivity contribution in [1.82, 2.24) is 15.5 Å². The second kappa shape index (κ2) is 9.51. The zero-order valence-corrected chi connectivity index (χ0v) is 18.2. The summed E-state index contributed by atoms with van der Waals surface area (Å²) in [6.45, 7) is 3.09. The number of ether oxygens (including phenoxy) is 1. The minimum atomic E-state index is -1.28. The van der Waals surface area contributed by atoms with E-state index in [2.05, 4.69) is 22.9 Å². The summed E-state index contributed by atoms with van der Waals surface area (Å²) >= 11 is 0. The maximum absolute atomic E-state index is 13.0. The van der Waals surface area contributed by atoms with Gasteiger partial charge in [-0.25, -0.2) is 9.59 Å². The van der Waals surface area contributed by atoms with Crippen LogP contribution in [0.15, 0.2) is 48.5 Å². The number of hydrogen-bond acceptors (Lipinski definition) is 5. The van der Waals surface area contributed by atoms with Crippen molar-refractivity contribution < 1.29 is 23.9 Å². The van der Waals surface area contributed by atoms with Crippen molar-refractivity contribution in [2.75, 3.05) is 19.0 Å². The molecule has 168 valence electrons. The molecule has 1 aliphatic heterocycles. The Kier molecular flexibility index (Phi) is 6.77. The largest absolute Gasteiger partial charge is 0.497 e. The number of amides is 6. The van der Waals surface area contributed by atoms with Crippen LogP contribution in [0, 0.1) is 0 Å². The smallest absolute Gasteiger partial charge is 0.325 e. The van der Waals surface area contributed by atoms with Gasteiger partial charge < -0.3 is 15.4 Å². The maximum atomic E-state index is 13.0. The quantitative estimate of drug-likeness (QED) is 0.575. The predicted molar refractivity (Wildman–Crippen MR) is 118 cm³/mol. The molecule has 0 aromatic heterocycles. The highest BCUT2D eigenvalue weighted by molar-refractivity contribution is 6.10. The minimum absolute atomic E-state index is 0.449. The summed E-state index contributed by atoms with van der Waals surface area (Å²) < 4.78 is 5.04. The molecule has 1 atom stereocenters. The van der Waals surface area contributed by atoms with Gasteiger partial charge in [0.05, 0.1) is 7.11 Å². The summed E-state index contributed by atoms with van der Waals surface area (Å²) in [5, 5.41) is 7.27. The van der Waals surface area contributed by atoms with E-state index < -0.39 is 36.0 Å². The summed E-state index contributed by atoms with van der Waals surface area (Å²) in [5.41, 5.74) is 0.921. The van der Waals surface area contributed by atoms with Gasteiger partial charge in [-0.05, 0) is 48.7 Å². The number of methoxy groups -OCH3 is 1. The molecule has 1 aliphatic rings. The van der Waals surface area contributed by atoms with Crippen LogP contribution >= 0.6 is 0 Å². The van der Waals surface area contributed by atoms with Gasteiger partial charge in [0, 0.05) is 5.69 Å². The van der Waals surface area contributed by atoms with Crippen LogP contribution in [-0.4, -0.2) is 42.4 Å². The van der Waals surface area contributed by atoms with Gasteiger partial charge in [0.25, 0.3) is 5.91 Å². The van der Waals surface area contributed by atoms with E-state index in [0.29, 0.717) is 17.0 Å². The van der Waals surface area contributed by atoms with Crippen molar-refractivity contribution >= 4 is 29.6 Å². The van der Waals surface area contributed by atoms with Gasteiger partial charge in [-0.2, -0.15) is 0 Å². The average Bonchev–Trinajstić information content (AvgIpc) is 2.98. The Morgan fingerprint density at radius 2 is 1.72 bits per heavy atom. The van der Waals surface area contributed by atoms with Crippen LogP contribution < -0.4 is 20.7 Å². The van der Waals surface area contributed by atoms with Crippen LogP contribution in [0.25, 0.3) is 0 Å². The molecule has 3 rings (SSSR count). The zero-order valence-electron chi connectivity index (χ0n) is 18.2. The van der Waals surface area contributed by atoms with E-state index in [4.69, 9.17) is 4.74 Å². The first-order valence-corrected chi connectivity index (χ1v) is 10.2. The number of nitrogens with zero attached hydrogens (tertiary/aromatic N) is 1. The molecule has 32 heavy (non-hydrogen) atoms. The second-order valence-electron chi connectivity index (χ2n) is 7.62. The molecule has 0 saturated carbocycles. The first-order valence-electron chi connectivity index (χ1n) is 10.2. The van der Waals surface area contributed by atoms with Crippen LogP contribution in [-0.2, 0) is 21.5 Å². The number of aryl methyl sites for hydroxylation is 1. The SMILES string of the molecule is CCCc1ccc(C2(C)NC(=O)N(CC(=O)NC(=O)Nc3ccc(OC)cc3)C2=O)cc1. The Bertz CT molecular complexity index is 1020. The Morgan fingerprint density at radius 1 is 1.06 bits per heavy atom. The maximum Gasteiger partial charge on any atom is 0.325 e. The Hall–Kier alpha value is -3.88. The van der Waals surface area contributed by atoms with Crippen molar-refractivity contribution in [3.8, 4) is 5.75 Å². The Labute approximate surface area is 186 Å². The number of carbonyl (C=O) groups excluding carboxylic acids is 4. The fourth-order valence-electron chi connectivity index (χ4n) is 3.48. The molecule has 1 fully saturated rings. The molecule has 1 heterocycles. The highest BCUT2D eigenvalue weighted by Crippen LogP contribution is 2.29. The van der Waals surface area contributed by atoms with Crippen molar-refractivity contribution in [2.24, 2.45) is 0 Å². The van der Waals surface area contributed by atoms with E-state index in [9.17, 15) is 19.2 Å². The number of anilines is 1. The second-order valence-corrected chi connectivity index (χ2v) is 7.62. The van der Waals surface area contributed by atoms with Crippen molar-refractivity contribution in [3.05, 3.63) is 59.7 Å². The fraction of sp³-hybridized carbons (Fsp3) is 0.304. The molecule has 0 bridgehead atoms. The fourth-order valence-corrected chi connectivity index (χ4v) is 3.48. The van der Waals surface area contributed by atoms with E-state index >= 15 is 0 Å². The molecule has 2 aromatic carbocycles. The van der Waals surface area contributed by atoms with Gasteiger partial charge in [-0.15, -0.1) is 0 Å². The third-order valence-corrected chi connectivity index (χ3v) is 5.25. The standard InChI is InChI=1S/C23H26N4O5/c1-4-5-15-6-8-16(9-7-15)23(2)20(29)27(22(31)26-23)14-19(28)25-21(30)24-17-10-12-18(32-3)13-11-17/h6-13H,4-5,14H2,1-3H3,(H,26,31)(H2,24,25,28,30). The normalized spacial score (nSPS) is 17.7. The van der Waals surface area contributed by atoms with E-state index in [1.807, 2.05) is 12.1 Å². The highest BCUT2D eigenvalue weighted by atomic mass is 16.5. The van der Waals surface area contributed by atoms with Gasteiger partial charge in [-0.3, -0.25) is 19.8 Å². The number of carbonyl (C=O) groups is 4. The molecule has 1 saturated heterocycles. The number of hydrogen-bond donors (Lipinski definition) is 3. The number of urea groups is 2.